The second-order valence-electron chi connectivity index (χ2n) is 6.47. The number of benzene rings is 1. The number of para-hydroxylation sites is 2. The number of piperazine rings is 1. The van der Waals surface area contributed by atoms with Gasteiger partial charge in [0.25, 0.3) is 0 Å². The van der Waals surface area contributed by atoms with Gasteiger partial charge in [-0.25, -0.2) is 0 Å². The summed E-state index contributed by atoms with van der Waals surface area (Å²) in [5.41, 5.74) is 0.923. The first-order chi connectivity index (χ1) is 11.1. The summed E-state index contributed by atoms with van der Waals surface area (Å²) in [5.74, 6) is 2.10. The summed E-state index contributed by atoms with van der Waals surface area (Å²) < 4.78 is 0. The number of phenolic OH excluding ortho intramolecular Hbond substituents is 1. The van der Waals surface area contributed by atoms with E-state index in [9.17, 15) is 5.11 Å². The number of aromatic hydroxyl groups is 1. The minimum absolute atomic E-state index is 0.358. The fourth-order valence-corrected chi connectivity index (χ4v) is 2.93. The molecule has 2 rings (SSSR count). The molecule has 0 saturated carbocycles. The summed E-state index contributed by atoms with van der Waals surface area (Å²) in [7, 11) is 1.85. The molecule has 1 aliphatic heterocycles. The van der Waals surface area contributed by atoms with Crippen LogP contribution in [-0.2, 0) is 0 Å². The summed E-state index contributed by atoms with van der Waals surface area (Å²) in [6, 6.07) is 7.55. The Bertz CT molecular complexity index is 507. The van der Waals surface area contributed by atoms with E-state index in [1.807, 2.05) is 25.2 Å². The van der Waals surface area contributed by atoms with Crippen molar-refractivity contribution in [3.8, 4) is 5.75 Å². The van der Waals surface area contributed by atoms with Gasteiger partial charge in [0.15, 0.2) is 5.96 Å². The van der Waals surface area contributed by atoms with Gasteiger partial charge in [0.2, 0.25) is 0 Å². The first-order valence-corrected chi connectivity index (χ1v) is 8.60. The lowest BCUT2D eigenvalue weighted by Gasteiger charge is -2.37. The molecule has 1 saturated heterocycles. The van der Waals surface area contributed by atoms with E-state index < -0.39 is 0 Å². The van der Waals surface area contributed by atoms with Gasteiger partial charge >= 0.3 is 0 Å². The fourth-order valence-electron chi connectivity index (χ4n) is 2.93. The van der Waals surface area contributed by atoms with Crippen molar-refractivity contribution in [2.24, 2.45) is 10.9 Å². The van der Waals surface area contributed by atoms with Crippen LogP contribution in [0, 0.1) is 5.92 Å². The molecule has 1 fully saturated rings. The van der Waals surface area contributed by atoms with Gasteiger partial charge in [-0.05, 0) is 30.9 Å². The summed E-state index contributed by atoms with van der Waals surface area (Å²) in [5, 5.41) is 13.4. The minimum Gasteiger partial charge on any atom is -0.506 e. The largest absolute Gasteiger partial charge is 0.506 e. The predicted molar refractivity (Wildman–Crippen MR) is 97.3 cm³/mol. The van der Waals surface area contributed by atoms with Crippen LogP contribution in [-0.4, -0.2) is 55.7 Å². The van der Waals surface area contributed by atoms with Crippen LogP contribution in [0.3, 0.4) is 0 Å². The van der Waals surface area contributed by atoms with E-state index in [0.717, 1.165) is 50.3 Å². The lowest BCUT2D eigenvalue weighted by molar-refractivity contribution is 0.369. The molecular formula is C18H30N4O. The summed E-state index contributed by atoms with van der Waals surface area (Å²) in [4.78, 5) is 8.94. The Hall–Kier alpha value is -1.91. The predicted octanol–water partition coefficient (Wildman–Crippen LogP) is 2.53. The molecular weight excluding hydrogens is 288 g/mol. The van der Waals surface area contributed by atoms with Crippen LogP contribution in [0.15, 0.2) is 29.3 Å². The second-order valence-corrected chi connectivity index (χ2v) is 6.47. The highest BCUT2D eigenvalue weighted by molar-refractivity contribution is 5.80. The van der Waals surface area contributed by atoms with Crippen molar-refractivity contribution in [2.75, 3.05) is 44.7 Å². The summed E-state index contributed by atoms with van der Waals surface area (Å²) in [6.07, 6.45) is 2.42. The highest BCUT2D eigenvalue weighted by atomic mass is 16.3. The number of hydrogen-bond donors (Lipinski definition) is 2. The second kappa shape index (κ2) is 8.65. The number of hydrogen-bond acceptors (Lipinski definition) is 3. The monoisotopic (exact) mass is 318 g/mol. The standard InChI is InChI=1S/C18H30N4O/c1-15(2)7-6-10-20-18(19-3)22-13-11-21(12-14-22)16-8-4-5-9-17(16)23/h4-5,8-9,15,23H,6-7,10-14H2,1-3H3,(H,19,20). The SMILES string of the molecule is CN=C(NCCCC(C)C)N1CCN(c2ccccc2O)CC1. The van der Waals surface area contributed by atoms with Gasteiger partial charge in [-0.15, -0.1) is 0 Å². The van der Waals surface area contributed by atoms with Crippen LogP contribution in [0.1, 0.15) is 26.7 Å². The Balaban J connectivity index is 1.82. The van der Waals surface area contributed by atoms with E-state index in [4.69, 9.17) is 0 Å². The zero-order valence-corrected chi connectivity index (χ0v) is 14.6. The average molecular weight is 318 g/mol. The molecule has 0 radical (unpaired) electrons. The maximum Gasteiger partial charge on any atom is 0.193 e. The maximum atomic E-state index is 9.98. The number of aliphatic imine (C=N–C) groups is 1. The molecule has 0 aliphatic carbocycles. The number of rotatable bonds is 5. The van der Waals surface area contributed by atoms with Gasteiger partial charge in [-0.1, -0.05) is 26.0 Å². The number of nitrogens with zero attached hydrogens (tertiary/aromatic N) is 3. The highest BCUT2D eigenvalue weighted by Gasteiger charge is 2.21. The van der Waals surface area contributed by atoms with Gasteiger partial charge in [-0.3, -0.25) is 4.99 Å². The molecule has 1 heterocycles. The van der Waals surface area contributed by atoms with Crippen molar-refractivity contribution < 1.29 is 5.11 Å². The third-order valence-electron chi connectivity index (χ3n) is 4.25. The van der Waals surface area contributed by atoms with Crippen molar-refractivity contribution in [2.45, 2.75) is 26.7 Å². The van der Waals surface area contributed by atoms with Crippen molar-refractivity contribution in [1.82, 2.24) is 10.2 Å². The van der Waals surface area contributed by atoms with Crippen molar-refractivity contribution in [3.05, 3.63) is 24.3 Å². The van der Waals surface area contributed by atoms with Crippen LogP contribution in [0.4, 0.5) is 5.69 Å². The van der Waals surface area contributed by atoms with Crippen LogP contribution in [0.2, 0.25) is 0 Å². The third-order valence-corrected chi connectivity index (χ3v) is 4.25. The smallest absolute Gasteiger partial charge is 0.193 e. The molecule has 2 N–H and O–H groups in total. The molecule has 1 aromatic carbocycles. The Morgan fingerprint density at radius 1 is 1.22 bits per heavy atom. The number of guanidine groups is 1. The van der Waals surface area contributed by atoms with Crippen molar-refractivity contribution >= 4 is 11.6 Å². The van der Waals surface area contributed by atoms with E-state index in [0.29, 0.717) is 5.75 Å². The van der Waals surface area contributed by atoms with E-state index in [1.54, 1.807) is 6.07 Å². The molecule has 0 atom stereocenters. The molecule has 0 bridgehead atoms. The summed E-state index contributed by atoms with van der Waals surface area (Å²) >= 11 is 0. The van der Waals surface area contributed by atoms with Crippen LogP contribution < -0.4 is 10.2 Å². The topological polar surface area (TPSA) is 51.1 Å². The zero-order chi connectivity index (χ0) is 16.7. The molecule has 128 valence electrons. The molecule has 23 heavy (non-hydrogen) atoms. The lowest BCUT2D eigenvalue weighted by atomic mass is 10.1. The van der Waals surface area contributed by atoms with Gasteiger partial charge in [0.05, 0.1) is 5.69 Å². The molecule has 0 unspecified atom stereocenters. The first-order valence-electron chi connectivity index (χ1n) is 8.60. The summed E-state index contributed by atoms with van der Waals surface area (Å²) in [6.45, 7) is 9.11. The van der Waals surface area contributed by atoms with Gasteiger partial charge in [0, 0.05) is 39.8 Å². The molecule has 0 spiro atoms. The Morgan fingerprint density at radius 2 is 1.91 bits per heavy atom. The van der Waals surface area contributed by atoms with E-state index in [1.165, 1.54) is 12.8 Å². The van der Waals surface area contributed by atoms with E-state index in [2.05, 4.69) is 34.0 Å². The Labute approximate surface area is 140 Å². The van der Waals surface area contributed by atoms with Crippen molar-refractivity contribution in [1.29, 1.82) is 0 Å². The molecule has 0 aromatic heterocycles. The molecule has 1 aromatic rings. The fraction of sp³-hybridized carbons (Fsp3) is 0.611. The van der Waals surface area contributed by atoms with Crippen LogP contribution in [0.5, 0.6) is 5.75 Å². The normalized spacial score (nSPS) is 16.1. The molecule has 1 aliphatic rings. The number of anilines is 1. The quantitative estimate of drug-likeness (QED) is 0.498. The van der Waals surface area contributed by atoms with Crippen molar-refractivity contribution in [3.63, 3.8) is 0 Å². The molecule has 5 nitrogen and oxygen atoms in total. The lowest BCUT2D eigenvalue weighted by Crippen LogP contribution is -2.52. The van der Waals surface area contributed by atoms with E-state index >= 15 is 0 Å². The number of phenols is 1. The van der Waals surface area contributed by atoms with Crippen LogP contribution in [0.25, 0.3) is 0 Å². The van der Waals surface area contributed by atoms with Gasteiger partial charge in [-0.2, -0.15) is 0 Å². The van der Waals surface area contributed by atoms with Crippen LogP contribution >= 0.6 is 0 Å². The van der Waals surface area contributed by atoms with E-state index in [-0.39, 0.29) is 0 Å². The molecule has 5 heteroatoms. The Kier molecular flexibility index (Phi) is 6.56. The molecule has 0 amide bonds. The average Bonchev–Trinajstić information content (AvgIpc) is 2.55. The Morgan fingerprint density at radius 3 is 2.52 bits per heavy atom. The third kappa shape index (κ3) is 5.05. The number of nitrogens with one attached hydrogen (secondary N) is 1. The van der Waals surface area contributed by atoms with Gasteiger partial charge in [0.1, 0.15) is 5.75 Å². The van der Waals surface area contributed by atoms with Gasteiger partial charge < -0.3 is 20.2 Å². The highest BCUT2D eigenvalue weighted by Crippen LogP contribution is 2.27. The zero-order valence-electron chi connectivity index (χ0n) is 14.6. The minimum atomic E-state index is 0.358. The first kappa shape index (κ1) is 17.4. The maximum absolute atomic E-state index is 9.98.